The first-order valence-electron chi connectivity index (χ1n) is 6.01. The Kier molecular flexibility index (Phi) is 10.1. The van der Waals surface area contributed by atoms with Crippen molar-refractivity contribution in [2.45, 2.75) is 25.9 Å². The average molecular weight is 247 g/mol. The van der Waals surface area contributed by atoms with Crippen LogP contribution in [0.2, 0.25) is 0 Å². The van der Waals surface area contributed by atoms with Crippen LogP contribution >= 0.6 is 0 Å². The number of carbonyl (C=O) groups excluding carboxylic acids is 1. The maximum atomic E-state index is 11.5. The van der Waals surface area contributed by atoms with Crippen molar-refractivity contribution in [3.05, 3.63) is 0 Å². The molecule has 0 spiro atoms. The van der Waals surface area contributed by atoms with Crippen LogP contribution in [-0.2, 0) is 19.0 Å². The summed E-state index contributed by atoms with van der Waals surface area (Å²) in [5, 5.41) is 0. The number of rotatable bonds is 10. The maximum absolute atomic E-state index is 11.5. The summed E-state index contributed by atoms with van der Waals surface area (Å²) in [5.74, 6) is -0.186. The first-order chi connectivity index (χ1) is 8.10. The molecule has 1 unspecified atom stereocenters. The summed E-state index contributed by atoms with van der Waals surface area (Å²) in [7, 11) is 5.54. The Labute approximate surface area is 104 Å². The zero-order valence-electron chi connectivity index (χ0n) is 11.4. The maximum Gasteiger partial charge on any atom is 0.306 e. The third-order valence-electron chi connectivity index (χ3n) is 2.14. The molecule has 0 aliphatic rings. The summed E-state index contributed by atoms with van der Waals surface area (Å²) < 4.78 is 15.5. The highest BCUT2D eigenvalue weighted by atomic mass is 16.6. The number of hydrogen-bond acceptors (Lipinski definition) is 5. The molecule has 0 rings (SSSR count). The molecular weight excluding hydrogens is 222 g/mol. The van der Waals surface area contributed by atoms with Gasteiger partial charge in [-0.3, -0.25) is 4.79 Å². The van der Waals surface area contributed by atoms with Crippen LogP contribution in [0.25, 0.3) is 0 Å². The molecule has 0 aromatic rings. The lowest BCUT2D eigenvalue weighted by Gasteiger charge is -2.17. The third kappa shape index (κ3) is 10.2. The Morgan fingerprint density at radius 2 is 2.00 bits per heavy atom. The van der Waals surface area contributed by atoms with Gasteiger partial charge in [0, 0.05) is 20.1 Å². The van der Waals surface area contributed by atoms with Crippen molar-refractivity contribution >= 4 is 5.97 Å². The molecule has 0 aromatic heterocycles. The van der Waals surface area contributed by atoms with Crippen LogP contribution in [0.3, 0.4) is 0 Å². The van der Waals surface area contributed by atoms with Crippen molar-refractivity contribution in [3.8, 4) is 0 Å². The number of nitrogens with zero attached hydrogens (tertiary/aromatic N) is 1. The fourth-order valence-electron chi connectivity index (χ4n) is 1.34. The number of carbonyl (C=O) groups is 1. The molecule has 0 bridgehead atoms. The van der Waals surface area contributed by atoms with Crippen molar-refractivity contribution < 1.29 is 19.0 Å². The van der Waals surface area contributed by atoms with Gasteiger partial charge >= 0.3 is 5.97 Å². The normalized spacial score (nSPS) is 12.8. The molecule has 0 fully saturated rings. The number of esters is 1. The first-order valence-corrected chi connectivity index (χ1v) is 6.01. The summed E-state index contributed by atoms with van der Waals surface area (Å²) in [6.07, 6.45) is 0.942. The van der Waals surface area contributed by atoms with Gasteiger partial charge in [-0.15, -0.1) is 0 Å². The molecule has 0 aliphatic carbocycles. The van der Waals surface area contributed by atoms with E-state index in [-0.39, 0.29) is 12.1 Å². The summed E-state index contributed by atoms with van der Waals surface area (Å²) in [6, 6.07) is 0. The van der Waals surface area contributed by atoms with E-state index in [1.165, 1.54) is 0 Å². The molecule has 17 heavy (non-hydrogen) atoms. The van der Waals surface area contributed by atoms with Crippen LogP contribution in [0.1, 0.15) is 19.8 Å². The summed E-state index contributed by atoms with van der Waals surface area (Å²) >= 11 is 0. The molecule has 0 N–H and O–H groups in total. The molecule has 0 heterocycles. The quantitative estimate of drug-likeness (QED) is 0.537. The second kappa shape index (κ2) is 10.5. The Bertz CT molecular complexity index is 197. The van der Waals surface area contributed by atoms with Crippen molar-refractivity contribution in [2.75, 3.05) is 47.6 Å². The molecule has 0 aliphatic heterocycles. The first kappa shape index (κ1) is 16.4. The van der Waals surface area contributed by atoms with E-state index in [9.17, 15) is 4.79 Å². The van der Waals surface area contributed by atoms with Crippen LogP contribution in [0.5, 0.6) is 0 Å². The molecule has 0 aromatic carbocycles. The van der Waals surface area contributed by atoms with Crippen molar-refractivity contribution in [2.24, 2.45) is 0 Å². The summed E-state index contributed by atoms with van der Waals surface area (Å²) in [4.78, 5) is 13.6. The zero-order chi connectivity index (χ0) is 13.1. The van der Waals surface area contributed by atoms with Crippen LogP contribution in [-0.4, -0.2) is 64.5 Å². The van der Waals surface area contributed by atoms with Gasteiger partial charge in [-0.05, 0) is 34.0 Å². The summed E-state index contributed by atoms with van der Waals surface area (Å²) in [5.41, 5.74) is 0. The molecule has 102 valence electrons. The summed E-state index contributed by atoms with van der Waals surface area (Å²) in [6.45, 7) is 4.17. The largest absolute Gasteiger partial charge is 0.457 e. The van der Waals surface area contributed by atoms with E-state index in [2.05, 4.69) is 0 Å². The third-order valence-corrected chi connectivity index (χ3v) is 2.14. The Hall–Kier alpha value is -0.650. The number of hydrogen-bond donors (Lipinski definition) is 0. The molecule has 0 saturated carbocycles. The molecule has 5 nitrogen and oxygen atoms in total. The van der Waals surface area contributed by atoms with E-state index >= 15 is 0 Å². The minimum Gasteiger partial charge on any atom is -0.457 e. The lowest BCUT2D eigenvalue weighted by molar-refractivity contribution is -0.155. The van der Waals surface area contributed by atoms with Gasteiger partial charge in [0.1, 0.15) is 6.10 Å². The topological polar surface area (TPSA) is 48.0 Å². The van der Waals surface area contributed by atoms with Crippen LogP contribution in [0, 0.1) is 0 Å². The zero-order valence-corrected chi connectivity index (χ0v) is 11.4. The number of ether oxygens (including phenoxy) is 3. The van der Waals surface area contributed by atoms with Gasteiger partial charge in [0.25, 0.3) is 0 Å². The fourth-order valence-corrected chi connectivity index (χ4v) is 1.34. The van der Waals surface area contributed by atoms with Crippen LogP contribution in [0.15, 0.2) is 0 Å². The monoisotopic (exact) mass is 247 g/mol. The van der Waals surface area contributed by atoms with E-state index < -0.39 is 0 Å². The molecule has 0 radical (unpaired) electrons. The van der Waals surface area contributed by atoms with Gasteiger partial charge in [0.2, 0.25) is 0 Å². The highest BCUT2D eigenvalue weighted by Crippen LogP contribution is 2.00. The predicted octanol–water partition coefficient (Wildman–Crippen LogP) is 0.923. The van der Waals surface area contributed by atoms with Crippen molar-refractivity contribution in [1.29, 1.82) is 0 Å². The van der Waals surface area contributed by atoms with Gasteiger partial charge in [0.05, 0.1) is 13.2 Å². The van der Waals surface area contributed by atoms with Gasteiger partial charge in [-0.1, -0.05) is 0 Å². The minimum absolute atomic E-state index is 0.186. The molecule has 0 saturated heterocycles. The smallest absolute Gasteiger partial charge is 0.306 e. The molecule has 0 amide bonds. The predicted molar refractivity (Wildman–Crippen MR) is 66.0 cm³/mol. The second-order valence-corrected chi connectivity index (χ2v) is 4.13. The van der Waals surface area contributed by atoms with E-state index in [1.807, 2.05) is 25.9 Å². The SMILES string of the molecule is CCOCC(COC)OC(=O)CCCN(C)C. The molecule has 5 heteroatoms. The van der Waals surface area contributed by atoms with Gasteiger partial charge in [0.15, 0.2) is 0 Å². The highest BCUT2D eigenvalue weighted by molar-refractivity contribution is 5.69. The lowest BCUT2D eigenvalue weighted by atomic mass is 10.3. The minimum atomic E-state index is -0.299. The van der Waals surface area contributed by atoms with Gasteiger partial charge in [-0.2, -0.15) is 0 Å². The van der Waals surface area contributed by atoms with Gasteiger partial charge < -0.3 is 19.1 Å². The Morgan fingerprint density at radius 3 is 2.53 bits per heavy atom. The Morgan fingerprint density at radius 1 is 1.29 bits per heavy atom. The number of methoxy groups -OCH3 is 1. The van der Waals surface area contributed by atoms with Gasteiger partial charge in [-0.25, -0.2) is 0 Å². The van der Waals surface area contributed by atoms with E-state index in [0.29, 0.717) is 26.2 Å². The van der Waals surface area contributed by atoms with E-state index in [1.54, 1.807) is 7.11 Å². The fraction of sp³-hybridized carbons (Fsp3) is 0.917. The van der Waals surface area contributed by atoms with Crippen LogP contribution < -0.4 is 0 Å². The van der Waals surface area contributed by atoms with Crippen LogP contribution in [0.4, 0.5) is 0 Å². The molecule has 1 atom stereocenters. The standard InChI is InChI=1S/C12H25NO4/c1-5-16-10-11(9-15-4)17-12(14)7-6-8-13(2)3/h11H,5-10H2,1-4H3. The lowest BCUT2D eigenvalue weighted by Crippen LogP contribution is -2.28. The molecular formula is C12H25NO4. The Balaban J connectivity index is 3.77. The average Bonchev–Trinajstić information content (AvgIpc) is 2.25. The van der Waals surface area contributed by atoms with E-state index in [4.69, 9.17) is 14.2 Å². The van der Waals surface area contributed by atoms with Crippen molar-refractivity contribution in [1.82, 2.24) is 4.90 Å². The van der Waals surface area contributed by atoms with Crippen molar-refractivity contribution in [3.63, 3.8) is 0 Å². The van der Waals surface area contributed by atoms with E-state index in [0.717, 1.165) is 13.0 Å². The second-order valence-electron chi connectivity index (χ2n) is 4.13. The highest BCUT2D eigenvalue weighted by Gasteiger charge is 2.14.